The molecule has 1 aliphatic heterocycles. The molecule has 2 aromatic carbocycles. The van der Waals surface area contributed by atoms with Crippen molar-refractivity contribution in [3.63, 3.8) is 0 Å². The molecule has 2 heterocycles. The highest BCUT2D eigenvalue weighted by Gasteiger charge is 2.44. The van der Waals surface area contributed by atoms with E-state index in [4.69, 9.17) is 14.2 Å². The van der Waals surface area contributed by atoms with E-state index in [-0.39, 0.29) is 11.8 Å². The van der Waals surface area contributed by atoms with E-state index >= 15 is 0 Å². The first-order valence-electron chi connectivity index (χ1n) is 11.5. The Morgan fingerprint density at radius 2 is 1.89 bits per heavy atom. The SMILES string of the molecule is COCCN1C(=O)c2ccccc2[C@H](C(=O)NCCc2ccc(OC)cc2OC)[C@H]1c1cccs1. The van der Waals surface area contributed by atoms with Gasteiger partial charge in [0, 0.05) is 36.7 Å². The van der Waals surface area contributed by atoms with Gasteiger partial charge in [-0.05, 0) is 41.1 Å². The second-order valence-corrected chi connectivity index (χ2v) is 9.21. The molecule has 0 saturated heterocycles. The van der Waals surface area contributed by atoms with E-state index < -0.39 is 12.0 Å². The highest BCUT2D eigenvalue weighted by atomic mass is 32.1. The van der Waals surface area contributed by atoms with Crippen LogP contribution in [0.4, 0.5) is 0 Å². The molecule has 0 radical (unpaired) electrons. The van der Waals surface area contributed by atoms with Crippen molar-refractivity contribution in [2.24, 2.45) is 0 Å². The van der Waals surface area contributed by atoms with Gasteiger partial charge in [-0.15, -0.1) is 11.3 Å². The molecule has 0 aliphatic carbocycles. The number of nitrogens with one attached hydrogen (secondary N) is 1. The minimum Gasteiger partial charge on any atom is -0.497 e. The first-order chi connectivity index (χ1) is 17.1. The summed E-state index contributed by atoms with van der Waals surface area (Å²) in [6, 6.07) is 16.6. The molecule has 8 heteroatoms. The van der Waals surface area contributed by atoms with Gasteiger partial charge >= 0.3 is 0 Å². The average Bonchev–Trinajstić information content (AvgIpc) is 3.42. The molecule has 1 N–H and O–H groups in total. The predicted octanol–water partition coefficient (Wildman–Crippen LogP) is 4.05. The second kappa shape index (κ2) is 11.4. The highest BCUT2D eigenvalue weighted by molar-refractivity contribution is 7.10. The van der Waals surface area contributed by atoms with Gasteiger partial charge in [0.15, 0.2) is 0 Å². The van der Waals surface area contributed by atoms with Crippen molar-refractivity contribution in [2.75, 3.05) is 41.0 Å². The lowest BCUT2D eigenvalue weighted by atomic mass is 9.81. The number of carbonyl (C=O) groups excluding carboxylic acids is 2. The van der Waals surface area contributed by atoms with Crippen LogP contribution in [0.1, 0.15) is 38.3 Å². The number of thiophene rings is 1. The van der Waals surface area contributed by atoms with Gasteiger partial charge in [0.05, 0.1) is 32.8 Å². The van der Waals surface area contributed by atoms with Crippen LogP contribution in [0.3, 0.4) is 0 Å². The van der Waals surface area contributed by atoms with Gasteiger partial charge in [-0.25, -0.2) is 0 Å². The molecule has 0 fully saturated rings. The summed E-state index contributed by atoms with van der Waals surface area (Å²) < 4.78 is 16.0. The molecule has 35 heavy (non-hydrogen) atoms. The van der Waals surface area contributed by atoms with Gasteiger partial charge in [0.2, 0.25) is 5.91 Å². The Morgan fingerprint density at radius 3 is 2.60 bits per heavy atom. The Hall–Kier alpha value is -3.36. The zero-order valence-corrected chi connectivity index (χ0v) is 21.0. The summed E-state index contributed by atoms with van der Waals surface area (Å²) in [7, 11) is 4.84. The molecule has 7 nitrogen and oxygen atoms in total. The molecule has 0 spiro atoms. The van der Waals surface area contributed by atoms with Crippen molar-refractivity contribution in [1.82, 2.24) is 10.2 Å². The van der Waals surface area contributed by atoms with Gasteiger partial charge in [0.25, 0.3) is 5.91 Å². The number of fused-ring (bicyclic) bond motifs is 1. The number of nitrogens with zero attached hydrogens (tertiary/aromatic N) is 1. The van der Waals surface area contributed by atoms with E-state index in [2.05, 4.69) is 5.32 Å². The number of rotatable bonds is 10. The number of hydrogen-bond acceptors (Lipinski definition) is 6. The Bertz CT molecular complexity index is 1160. The number of carbonyl (C=O) groups is 2. The minimum atomic E-state index is -0.530. The van der Waals surface area contributed by atoms with Crippen molar-refractivity contribution in [3.8, 4) is 11.5 Å². The second-order valence-electron chi connectivity index (χ2n) is 8.24. The molecule has 0 saturated carbocycles. The van der Waals surface area contributed by atoms with Gasteiger partial charge in [-0.1, -0.05) is 30.3 Å². The van der Waals surface area contributed by atoms with E-state index in [9.17, 15) is 9.59 Å². The van der Waals surface area contributed by atoms with E-state index in [0.29, 0.717) is 37.4 Å². The number of hydrogen-bond donors (Lipinski definition) is 1. The normalized spacial score (nSPS) is 17.1. The Kier molecular flexibility index (Phi) is 8.05. The van der Waals surface area contributed by atoms with Gasteiger partial charge < -0.3 is 24.4 Å². The summed E-state index contributed by atoms with van der Waals surface area (Å²) in [6.45, 7) is 1.23. The molecule has 1 aromatic heterocycles. The van der Waals surface area contributed by atoms with Crippen LogP contribution in [0, 0.1) is 0 Å². The average molecular weight is 495 g/mol. The lowest BCUT2D eigenvalue weighted by Crippen LogP contribution is -2.48. The van der Waals surface area contributed by atoms with E-state index in [1.807, 2.05) is 53.9 Å². The van der Waals surface area contributed by atoms with Crippen LogP contribution in [-0.2, 0) is 16.0 Å². The fraction of sp³-hybridized carbons (Fsp3) is 0.333. The lowest BCUT2D eigenvalue weighted by molar-refractivity contribution is -0.124. The zero-order valence-electron chi connectivity index (χ0n) is 20.2. The maximum atomic E-state index is 13.7. The van der Waals surface area contributed by atoms with Gasteiger partial charge in [0.1, 0.15) is 11.5 Å². The van der Waals surface area contributed by atoms with Crippen LogP contribution in [0.15, 0.2) is 60.0 Å². The van der Waals surface area contributed by atoms with Crippen molar-refractivity contribution in [2.45, 2.75) is 18.4 Å². The van der Waals surface area contributed by atoms with E-state index in [1.165, 1.54) is 0 Å². The lowest BCUT2D eigenvalue weighted by Gasteiger charge is -2.41. The number of benzene rings is 2. The first-order valence-corrected chi connectivity index (χ1v) is 12.4. The molecule has 0 unspecified atom stereocenters. The minimum absolute atomic E-state index is 0.0805. The topological polar surface area (TPSA) is 77.1 Å². The van der Waals surface area contributed by atoms with Gasteiger partial charge in [-0.2, -0.15) is 0 Å². The number of methoxy groups -OCH3 is 3. The summed E-state index contributed by atoms with van der Waals surface area (Å²) >= 11 is 1.55. The molecule has 2 atom stereocenters. The molecule has 184 valence electrons. The van der Waals surface area contributed by atoms with Crippen molar-refractivity contribution in [3.05, 3.63) is 81.5 Å². The summed E-state index contributed by atoms with van der Waals surface area (Å²) in [5.41, 5.74) is 2.29. The quantitative estimate of drug-likeness (QED) is 0.460. The van der Waals surface area contributed by atoms with Crippen LogP contribution in [0.2, 0.25) is 0 Å². The van der Waals surface area contributed by atoms with Crippen molar-refractivity contribution < 1.29 is 23.8 Å². The van der Waals surface area contributed by atoms with Crippen molar-refractivity contribution >= 4 is 23.2 Å². The third-order valence-electron chi connectivity index (χ3n) is 6.28. The summed E-state index contributed by atoms with van der Waals surface area (Å²) in [5.74, 6) is 0.709. The summed E-state index contributed by atoms with van der Waals surface area (Å²) in [4.78, 5) is 29.9. The molecule has 1 aliphatic rings. The molecule has 3 aromatic rings. The predicted molar refractivity (Wildman–Crippen MR) is 135 cm³/mol. The van der Waals surface area contributed by atoms with E-state index in [1.54, 1.807) is 43.6 Å². The Morgan fingerprint density at radius 1 is 1.06 bits per heavy atom. The summed E-state index contributed by atoms with van der Waals surface area (Å²) in [5, 5.41) is 5.09. The van der Waals surface area contributed by atoms with Crippen LogP contribution in [0.25, 0.3) is 0 Å². The van der Waals surface area contributed by atoms with Crippen molar-refractivity contribution in [1.29, 1.82) is 0 Å². The Balaban J connectivity index is 1.61. The molecular weight excluding hydrogens is 464 g/mol. The number of amides is 2. The highest BCUT2D eigenvalue weighted by Crippen LogP contribution is 2.44. The Labute approximate surface area is 209 Å². The first kappa shape index (κ1) is 24.8. The fourth-order valence-corrected chi connectivity index (χ4v) is 5.45. The largest absolute Gasteiger partial charge is 0.497 e. The fourth-order valence-electron chi connectivity index (χ4n) is 4.58. The maximum Gasteiger partial charge on any atom is 0.254 e. The smallest absolute Gasteiger partial charge is 0.254 e. The van der Waals surface area contributed by atoms with Crippen LogP contribution in [-0.4, -0.2) is 57.7 Å². The number of ether oxygens (including phenoxy) is 3. The third-order valence-corrected chi connectivity index (χ3v) is 7.22. The van der Waals surface area contributed by atoms with Gasteiger partial charge in [-0.3, -0.25) is 9.59 Å². The standard InChI is InChI=1S/C27H30N2O5S/c1-32-15-14-29-25(23-9-6-16-35-23)24(20-7-4-5-8-21(20)27(29)31)26(30)28-13-12-18-10-11-19(33-2)17-22(18)34-3/h4-11,16-17,24-25H,12-15H2,1-3H3,(H,28,30)/t24-,25+/m0/s1. The molecular formula is C27H30N2O5S. The zero-order chi connectivity index (χ0) is 24.8. The molecule has 4 rings (SSSR count). The summed E-state index contributed by atoms with van der Waals surface area (Å²) in [6.07, 6.45) is 0.600. The van der Waals surface area contributed by atoms with Crippen LogP contribution >= 0.6 is 11.3 Å². The maximum absolute atomic E-state index is 13.7. The third kappa shape index (κ3) is 5.18. The van der Waals surface area contributed by atoms with Crippen LogP contribution < -0.4 is 14.8 Å². The van der Waals surface area contributed by atoms with E-state index in [0.717, 1.165) is 21.8 Å². The van der Waals surface area contributed by atoms with Crippen LogP contribution in [0.5, 0.6) is 11.5 Å². The monoisotopic (exact) mass is 494 g/mol. The molecule has 0 bridgehead atoms. The molecule has 2 amide bonds.